The maximum Gasteiger partial charge on any atom is 0.321 e. The number of hydrogen-bond donors (Lipinski definition) is 1. The van der Waals surface area contributed by atoms with Crippen LogP contribution in [-0.4, -0.2) is 45.3 Å². The molecule has 0 saturated carbocycles. The van der Waals surface area contributed by atoms with Gasteiger partial charge in [-0.05, 0) is 12.8 Å². The first kappa shape index (κ1) is 17.9. The first-order valence-corrected chi connectivity index (χ1v) is 7.47. The third kappa shape index (κ3) is 4.44. The summed E-state index contributed by atoms with van der Waals surface area (Å²) in [5, 5.41) is 2.88. The molecule has 6 nitrogen and oxygen atoms in total. The molecule has 1 rings (SSSR count). The van der Waals surface area contributed by atoms with Gasteiger partial charge in [-0.2, -0.15) is 0 Å². The summed E-state index contributed by atoms with van der Waals surface area (Å²) in [6, 6.07) is 3.31. The lowest BCUT2D eigenvalue weighted by Crippen LogP contribution is -2.36. The molecule has 1 N–H and O–H groups in total. The lowest BCUT2D eigenvalue weighted by Gasteiger charge is -2.22. The molecule has 0 fully saturated rings. The number of carbonyl (C=O) groups is 1. The van der Waals surface area contributed by atoms with Crippen molar-refractivity contribution in [1.29, 1.82) is 0 Å². The monoisotopic (exact) mass is 310 g/mol. The van der Waals surface area contributed by atoms with Crippen LogP contribution in [0.2, 0.25) is 0 Å². The van der Waals surface area contributed by atoms with Crippen LogP contribution in [0.15, 0.2) is 12.1 Å². The molecule has 1 aromatic rings. The van der Waals surface area contributed by atoms with Crippen molar-refractivity contribution in [2.45, 2.75) is 26.7 Å². The second-order valence-corrected chi connectivity index (χ2v) is 4.83. The number of amides is 2. The Bertz CT molecular complexity index is 460. The normalized spacial score (nSPS) is 10.0. The smallest absolute Gasteiger partial charge is 0.321 e. The Morgan fingerprint density at radius 2 is 1.50 bits per heavy atom. The summed E-state index contributed by atoms with van der Waals surface area (Å²) in [6.45, 7) is 5.55. The summed E-state index contributed by atoms with van der Waals surface area (Å²) in [5.74, 6) is 1.52. The first-order chi connectivity index (χ1) is 10.6. The van der Waals surface area contributed by atoms with E-state index >= 15 is 0 Å². The standard InChI is InChI=1S/C16H26N2O4/c1-6-8-18(9-7-2)16(19)17-12-10-13(20-3)15(22-5)14(11-12)21-4/h10-11H,6-9H2,1-5H3,(H,17,19). The van der Waals surface area contributed by atoms with Gasteiger partial charge in [0.2, 0.25) is 5.75 Å². The van der Waals surface area contributed by atoms with Crippen LogP contribution in [0.3, 0.4) is 0 Å². The summed E-state index contributed by atoms with van der Waals surface area (Å²) < 4.78 is 15.8. The number of rotatable bonds is 8. The van der Waals surface area contributed by atoms with Crippen LogP contribution in [0.4, 0.5) is 10.5 Å². The SMILES string of the molecule is CCCN(CCC)C(=O)Nc1cc(OC)c(OC)c(OC)c1. The van der Waals surface area contributed by atoms with Crippen LogP contribution < -0.4 is 19.5 Å². The molecule has 2 amide bonds. The van der Waals surface area contributed by atoms with Crippen LogP contribution in [0.5, 0.6) is 17.2 Å². The van der Waals surface area contributed by atoms with Crippen molar-refractivity contribution in [3.05, 3.63) is 12.1 Å². The zero-order chi connectivity index (χ0) is 16.5. The van der Waals surface area contributed by atoms with Crippen molar-refractivity contribution in [2.24, 2.45) is 0 Å². The Hall–Kier alpha value is -2.11. The molecule has 0 radical (unpaired) electrons. The molecule has 0 atom stereocenters. The Morgan fingerprint density at radius 3 is 1.86 bits per heavy atom. The van der Waals surface area contributed by atoms with Crippen molar-refractivity contribution in [3.63, 3.8) is 0 Å². The highest BCUT2D eigenvalue weighted by atomic mass is 16.5. The maximum absolute atomic E-state index is 12.3. The predicted octanol–water partition coefficient (Wildman–Crippen LogP) is 3.37. The molecule has 22 heavy (non-hydrogen) atoms. The van der Waals surface area contributed by atoms with Crippen molar-refractivity contribution in [2.75, 3.05) is 39.7 Å². The summed E-state index contributed by atoms with van der Waals surface area (Å²) in [5.41, 5.74) is 0.608. The van der Waals surface area contributed by atoms with Gasteiger partial charge in [0.1, 0.15) is 0 Å². The van der Waals surface area contributed by atoms with E-state index in [9.17, 15) is 4.79 Å². The van der Waals surface area contributed by atoms with Gasteiger partial charge in [-0.3, -0.25) is 0 Å². The summed E-state index contributed by atoms with van der Waals surface area (Å²) >= 11 is 0. The molecule has 0 bridgehead atoms. The Morgan fingerprint density at radius 1 is 1.00 bits per heavy atom. The van der Waals surface area contributed by atoms with Gasteiger partial charge in [-0.25, -0.2) is 4.79 Å². The van der Waals surface area contributed by atoms with E-state index in [0.29, 0.717) is 22.9 Å². The van der Waals surface area contributed by atoms with Crippen LogP contribution >= 0.6 is 0 Å². The average molecular weight is 310 g/mol. The number of benzene rings is 1. The number of methoxy groups -OCH3 is 3. The number of nitrogens with one attached hydrogen (secondary N) is 1. The molecule has 0 spiro atoms. The van der Waals surface area contributed by atoms with Crippen molar-refractivity contribution in [1.82, 2.24) is 4.90 Å². The molecular weight excluding hydrogens is 284 g/mol. The van der Waals surface area contributed by atoms with Crippen molar-refractivity contribution < 1.29 is 19.0 Å². The maximum atomic E-state index is 12.3. The average Bonchev–Trinajstić information content (AvgIpc) is 2.53. The minimum Gasteiger partial charge on any atom is -0.493 e. The fraction of sp³-hybridized carbons (Fsp3) is 0.562. The Labute approximate surface area is 132 Å². The lowest BCUT2D eigenvalue weighted by atomic mass is 10.2. The minimum atomic E-state index is -0.127. The lowest BCUT2D eigenvalue weighted by molar-refractivity contribution is 0.211. The second-order valence-electron chi connectivity index (χ2n) is 4.83. The second kappa shape index (κ2) is 9.02. The van der Waals surface area contributed by atoms with Gasteiger partial charge < -0.3 is 24.4 Å². The third-order valence-corrected chi connectivity index (χ3v) is 3.19. The quantitative estimate of drug-likeness (QED) is 0.800. The van der Waals surface area contributed by atoms with Crippen LogP contribution in [0, 0.1) is 0 Å². The minimum absolute atomic E-state index is 0.127. The molecule has 0 aromatic heterocycles. The van der Waals surface area contributed by atoms with Gasteiger partial charge >= 0.3 is 6.03 Å². The van der Waals surface area contributed by atoms with Crippen molar-refractivity contribution >= 4 is 11.7 Å². The highest BCUT2D eigenvalue weighted by Gasteiger charge is 2.16. The number of ether oxygens (including phenoxy) is 3. The molecule has 124 valence electrons. The molecule has 0 aliphatic heterocycles. The van der Waals surface area contributed by atoms with Crippen molar-refractivity contribution in [3.8, 4) is 17.2 Å². The fourth-order valence-corrected chi connectivity index (χ4v) is 2.21. The zero-order valence-corrected chi connectivity index (χ0v) is 14.1. The van der Waals surface area contributed by atoms with Crippen LogP contribution in [-0.2, 0) is 0 Å². The van der Waals surface area contributed by atoms with E-state index in [4.69, 9.17) is 14.2 Å². The highest BCUT2D eigenvalue weighted by Crippen LogP contribution is 2.39. The fourth-order valence-electron chi connectivity index (χ4n) is 2.21. The molecule has 0 aliphatic carbocycles. The van der Waals surface area contributed by atoms with E-state index in [-0.39, 0.29) is 6.03 Å². The molecule has 1 aromatic carbocycles. The topological polar surface area (TPSA) is 60.0 Å². The highest BCUT2D eigenvalue weighted by molar-refractivity contribution is 5.90. The molecule has 0 heterocycles. The summed E-state index contributed by atoms with van der Waals surface area (Å²) in [6.07, 6.45) is 1.84. The Balaban J connectivity index is 2.99. The third-order valence-electron chi connectivity index (χ3n) is 3.19. The molecule has 0 saturated heterocycles. The number of nitrogens with zero attached hydrogens (tertiary/aromatic N) is 1. The van der Waals surface area contributed by atoms with E-state index in [1.807, 2.05) is 0 Å². The molecule has 0 unspecified atom stereocenters. The van der Waals surface area contributed by atoms with Gasteiger partial charge in [-0.1, -0.05) is 13.8 Å². The van der Waals surface area contributed by atoms with E-state index in [1.165, 1.54) is 0 Å². The molecular formula is C16H26N2O4. The van der Waals surface area contributed by atoms with Crippen LogP contribution in [0.25, 0.3) is 0 Å². The van der Waals surface area contributed by atoms with Gasteiger partial charge in [0, 0.05) is 25.2 Å². The van der Waals surface area contributed by atoms with Gasteiger partial charge in [0.25, 0.3) is 0 Å². The Kier molecular flexibility index (Phi) is 7.36. The summed E-state index contributed by atoms with van der Waals surface area (Å²) in [7, 11) is 4.63. The largest absolute Gasteiger partial charge is 0.493 e. The van der Waals surface area contributed by atoms with Crippen LogP contribution in [0.1, 0.15) is 26.7 Å². The van der Waals surface area contributed by atoms with Gasteiger partial charge in [-0.15, -0.1) is 0 Å². The number of urea groups is 1. The van der Waals surface area contributed by atoms with Gasteiger partial charge in [0.05, 0.1) is 27.0 Å². The zero-order valence-electron chi connectivity index (χ0n) is 14.1. The van der Waals surface area contributed by atoms with E-state index in [2.05, 4.69) is 19.2 Å². The number of anilines is 1. The summed E-state index contributed by atoms with van der Waals surface area (Å²) in [4.78, 5) is 14.1. The first-order valence-electron chi connectivity index (χ1n) is 7.47. The predicted molar refractivity (Wildman–Crippen MR) is 87.3 cm³/mol. The van der Waals surface area contributed by atoms with E-state index in [1.54, 1.807) is 38.4 Å². The molecule has 0 aliphatic rings. The number of carbonyl (C=O) groups excluding carboxylic acids is 1. The number of hydrogen-bond acceptors (Lipinski definition) is 4. The van der Waals surface area contributed by atoms with Gasteiger partial charge in [0.15, 0.2) is 11.5 Å². The van der Waals surface area contributed by atoms with E-state index < -0.39 is 0 Å². The molecule has 6 heteroatoms. The van der Waals surface area contributed by atoms with E-state index in [0.717, 1.165) is 25.9 Å².